The summed E-state index contributed by atoms with van der Waals surface area (Å²) in [5.74, 6) is 0.954. The summed E-state index contributed by atoms with van der Waals surface area (Å²) in [6.45, 7) is 5.02. The number of benzene rings is 1. The van der Waals surface area contributed by atoms with E-state index in [9.17, 15) is 4.79 Å². The summed E-state index contributed by atoms with van der Waals surface area (Å²) < 4.78 is 7.61. The Morgan fingerprint density at radius 1 is 1.52 bits per heavy atom. The zero-order chi connectivity index (χ0) is 15.0. The highest BCUT2D eigenvalue weighted by molar-refractivity contribution is 5.85. The van der Waals surface area contributed by atoms with Crippen molar-refractivity contribution in [3.8, 4) is 0 Å². The summed E-state index contributed by atoms with van der Waals surface area (Å²) in [4.78, 5) is 16.7. The number of hydrogen-bond acceptors (Lipinski definition) is 3. The first-order valence-electron chi connectivity index (χ1n) is 7.34. The lowest BCUT2D eigenvalue weighted by molar-refractivity contribution is -0.139. The fraction of sp³-hybridized carbons (Fsp3) is 0.500. The summed E-state index contributed by atoms with van der Waals surface area (Å²) >= 11 is 0. The van der Waals surface area contributed by atoms with Crippen LogP contribution in [0.2, 0.25) is 0 Å². The van der Waals surface area contributed by atoms with Crippen molar-refractivity contribution >= 4 is 16.9 Å². The molecule has 1 fully saturated rings. The lowest BCUT2D eigenvalue weighted by Gasteiger charge is -2.21. The maximum atomic E-state index is 12.2. The normalized spacial score (nSPS) is 21.9. The molecule has 1 saturated heterocycles. The lowest BCUT2D eigenvalue weighted by Crippen LogP contribution is -2.43. The molecule has 0 spiro atoms. The molecule has 0 bridgehead atoms. The molecule has 2 aromatic rings. The molecule has 1 N–H and O–H groups in total. The molecule has 0 radical (unpaired) electrons. The molecule has 3 rings (SSSR count). The van der Waals surface area contributed by atoms with E-state index in [1.807, 2.05) is 39.1 Å². The maximum Gasteiger partial charge on any atom is 0.252 e. The highest BCUT2D eigenvalue weighted by Gasteiger charge is 2.37. The van der Waals surface area contributed by atoms with Gasteiger partial charge in [0.1, 0.15) is 11.4 Å². The van der Waals surface area contributed by atoms with Crippen LogP contribution in [-0.2, 0) is 23.1 Å². The zero-order valence-corrected chi connectivity index (χ0v) is 12.8. The third kappa shape index (κ3) is 2.53. The largest absolute Gasteiger partial charge is 0.365 e. The van der Waals surface area contributed by atoms with E-state index in [1.165, 1.54) is 0 Å². The number of aryl methyl sites for hydroxylation is 2. The van der Waals surface area contributed by atoms with Gasteiger partial charge in [-0.15, -0.1) is 0 Å². The Balaban J connectivity index is 1.72. The fourth-order valence-corrected chi connectivity index (χ4v) is 2.80. The first-order chi connectivity index (χ1) is 9.99. The Kier molecular flexibility index (Phi) is 3.45. The summed E-state index contributed by atoms with van der Waals surface area (Å²) in [7, 11) is 2.00. The van der Waals surface area contributed by atoms with Gasteiger partial charge in [0.25, 0.3) is 5.91 Å². The first kappa shape index (κ1) is 14.1. The first-order valence-corrected chi connectivity index (χ1v) is 7.34. The molecule has 112 valence electrons. The molecule has 0 aliphatic carbocycles. The van der Waals surface area contributed by atoms with Crippen molar-refractivity contribution in [3.63, 3.8) is 0 Å². The quantitative estimate of drug-likeness (QED) is 0.940. The minimum absolute atomic E-state index is 0.0303. The van der Waals surface area contributed by atoms with Crippen LogP contribution < -0.4 is 5.32 Å². The van der Waals surface area contributed by atoms with Crippen molar-refractivity contribution in [2.24, 2.45) is 7.05 Å². The smallest absolute Gasteiger partial charge is 0.252 e. The van der Waals surface area contributed by atoms with Crippen molar-refractivity contribution in [2.75, 3.05) is 6.61 Å². The predicted octanol–water partition coefficient (Wildman–Crippen LogP) is 2.07. The Hall–Kier alpha value is -1.88. The summed E-state index contributed by atoms with van der Waals surface area (Å²) in [6, 6.07) is 6.10. The van der Waals surface area contributed by atoms with Gasteiger partial charge in [-0.1, -0.05) is 6.07 Å². The zero-order valence-electron chi connectivity index (χ0n) is 12.8. The van der Waals surface area contributed by atoms with Gasteiger partial charge in [-0.05, 0) is 44.4 Å². The van der Waals surface area contributed by atoms with Crippen LogP contribution in [0.5, 0.6) is 0 Å². The van der Waals surface area contributed by atoms with E-state index in [-0.39, 0.29) is 5.91 Å². The van der Waals surface area contributed by atoms with Crippen LogP contribution in [-0.4, -0.2) is 27.7 Å². The highest BCUT2D eigenvalue weighted by Crippen LogP contribution is 2.25. The van der Waals surface area contributed by atoms with Crippen molar-refractivity contribution in [3.05, 3.63) is 29.6 Å². The standard InChI is InChI=1S/C16H21N3O2/c1-11-18-13-9-12(5-6-14(13)19(11)3)10-17-15(20)16(2)7-4-8-21-16/h5-6,9H,4,7-8,10H2,1-3H3,(H,17,20)/t16-/m1/s1. The van der Waals surface area contributed by atoms with Gasteiger partial charge in [0.05, 0.1) is 11.0 Å². The summed E-state index contributed by atoms with van der Waals surface area (Å²) in [5.41, 5.74) is 2.46. The molecular formula is C16H21N3O2. The molecule has 5 heteroatoms. The van der Waals surface area contributed by atoms with Crippen LogP contribution in [0.25, 0.3) is 11.0 Å². The molecule has 1 aliphatic heterocycles. The average Bonchev–Trinajstić information content (AvgIpc) is 3.02. The second-order valence-corrected chi connectivity index (χ2v) is 5.91. The van der Waals surface area contributed by atoms with E-state index in [4.69, 9.17) is 4.74 Å². The SMILES string of the molecule is Cc1nc2cc(CNC(=O)[C@@]3(C)CCCO3)ccc2n1C. The minimum atomic E-state index is -0.661. The van der Waals surface area contributed by atoms with Crippen LogP contribution >= 0.6 is 0 Å². The molecule has 5 nitrogen and oxygen atoms in total. The van der Waals surface area contributed by atoms with Crippen LogP contribution in [0.3, 0.4) is 0 Å². The molecule has 0 saturated carbocycles. The van der Waals surface area contributed by atoms with Gasteiger partial charge in [-0.2, -0.15) is 0 Å². The van der Waals surface area contributed by atoms with Gasteiger partial charge < -0.3 is 14.6 Å². The van der Waals surface area contributed by atoms with E-state index in [0.717, 1.165) is 35.3 Å². The Bertz CT molecular complexity index is 684. The molecule has 21 heavy (non-hydrogen) atoms. The van der Waals surface area contributed by atoms with Crippen LogP contribution in [0.15, 0.2) is 18.2 Å². The number of ether oxygens (including phenoxy) is 1. The number of carbonyl (C=O) groups is 1. The van der Waals surface area contributed by atoms with Crippen molar-refractivity contribution in [2.45, 2.75) is 38.8 Å². The van der Waals surface area contributed by atoms with Crippen LogP contribution in [0.1, 0.15) is 31.2 Å². The van der Waals surface area contributed by atoms with E-state index in [0.29, 0.717) is 13.2 Å². The van der Waals surface area contributed by atoms with Crippen LogP contribution in [0, 0.1) is 6.92 Å². The number of nitrogens with zero attached hydrogens (tertiary/aromatic N) is 2. The van der Waals surface area contributed by atoms with Gasteiger partial charge in [-0.3, -0.25) is 4.79 Å². The second-order valence-electron chi connectivity index (χ2n) is 5.91. The van der Waals surface area contributed by atoms with Crippen molar-refractivity contribution in [1.29, 1.82) is 0 Å². The van der Waals surface area contributed by atoms with Crippen LogP contribution in [0.4, 0.5) is 0 Å². The van der Waals surface area contributed by atoms with E-state index in [2.05, 4.69) is 14.9 Å². The number of imidazole rings is 1. The number of carbonyl (C=O) groups excluding carboxylic acids is 1. The van der Waals surface area contributed by atoms with Gasteiger partial charge >= 0.3 is 0 Å². The summed E-state index contributed by atoms with van der Waals surface area (Å²) in [6.07, 6.45) is 1.74. The second kappa shape index (κ2) is 5.15. The van der Waals surface area contributed by atoms with Crippen molar-refractivity contribution < 1.29 is 9.53 Å². The molecule has 2 heterocycles. The fourth-order valence-electron chi connectivity index (χ4n) is 2.80. The number of hydrogen-bond donors (Lipinski definition) is 1. The monoisotopic (exact) mass is 287 g/mol. The molecule has 1 amide bonds. The van der Waals surface area contributed by atoms with Gasteiger partial charge in [0.2, 0.25) is 0 Å². The number of nitrogens with one attached hydrogen (secondary N) is 1. The van der Waals surface area contributed by atoms with E-state index in [1.54, 1.807) is 0 Å². The molecule has 0 unspecified atom stereocenters. The van der Waals surface area contributed by atoms with Gasteiger partial charge in [0, 0.05) is 20.2 Å². The Morgan fingerprint density at radius 3 is 3.05 bits per heavy atom. The Morgan fingerprint density at radius 2 is 2.33 bits per heavy atom. The average molecular weight is 287 g/mol. The minimum Gasteiger partial charge on any atom is -0.365 e. The topological polar surface area (TPSA) is 56.1 Å². The highest BCUT2D eigenvalue weighted by atomic mass is 16.5. The van der Waals surface area contributed by atoms with E-state index >= 15 is 0 Å². The molecule has 1 aromatic carbocycles. The molecular weight excluding hydrogens is 266 g/mol. The predicted molar refractivity (Wildman–Crippen MR) is 80.9 cm³/mol. The number of amides is 1. The van der Waals surface area contributed by atoms with E-state index < -0.39 is 5.60 Å². The third-order valence-corrected chi connectivity index (χ3v) is 4.32. The Labute approximate surface area is 124 Å². The third-order valence-electron chi connectivity index (χ3n) is 4.32. The number of rotatable bonds is 3. The number of aromatic nitrogens is 2. The summed E-state index contributed by atoms with van der Waals surface area (Å²) in [5, 5.41) is 2.97. The molecule has 1 aromatic heterocycles. The van der Waals surface area contributed by atoms with Crippen molar-refractivity contribution in [1.82, 2.24) is 14.9 Å². The van der Waals surface area contributed by atoms with Gasteiger partial charge in [-0.25, -0.2) is 4.98 Å². The van der Waals surface area contributed by atoms with Gasteiger partial charge in [0.15, 0.2) is 0 Å². The number of fused-ring (bicyclic) bond motifs is 1. The molecule has 1 aliphatic rings. The molecule has 1 atom stereocenters. The lowest BCUT2D eigenvalue weighted by atomic mass is 10.0. The maximum absolute atomic E-state index is 12.2.